The van der Waals surface area contributed by atoms with Gasteiger partial charge in [0.1, 0.15) is 0 Å². The molecule has 0 aliphatic carbocycles. The average Bonchev–Trinajstić information content (AvgIpc) is 2.56. The molecule has 0 aliphatic heterocycles. The van der Waals surface area contributed by atoms with E-state index in [1.54, 1.807) is 37.3 Å². The molecule has 1 heterocycles. The lowest BCUT2D eigenvalue weighted by Gasteiger charge is -2.07. The van der Waals surface area contributed by atoms with Gasteiger partial charge in [-0.1, -0.05) is 11.6 Å². The Kier molecular flexibility index (Phi) is 4.22. The highest BCUT2D eigenvalue weighted by Crippen LogP contribution is 2.15. The zero-order valence-electron chi connectivity index (χ0n) is 12.8. The number of halogens is 1. The standard InChI is InChI=1S/C17H14ClN3O3/c1-2-21-16(23)13-8-3-10(9-14(13)20-17(21)24)15(22)19-12-6-4-11(18)5-7-12/h3-9H,2H2,1H3,(H,19,22)(H,20,24). The highest BCUT2D eigenvalue weighted by Gasteiger charge is 2.11. The number of nitrogens with one attached hydrogen (secondary N) is 2. The number of carbonyl (C=O) groups is 1. The largest absolute Gasteiger partial charge is 0.328 e. The van der Waals surface area contributed by atoms with Crippen molar-refractivity contribution in [3.63, 3.8) is 0 Å². The summed E-state index contributed by atoms with van der Waals surface area (Å²) in [6.45, 7) is 2.00. The first-order valence-electron chi connectivity index (χ1n) is 7.33. The molecule has 2 N–H and O–H groups in total. The first-order valence-corrected chi connectivity index (χ1v) is 7.71. The Morgan fingerprint density at radius 2 is 1.88 bits per heavy atom. The van der Waals surface area contributed by atoms with Gasteiger partial charge in [0, 0.05) is 22.8 Å². The maximum Gasteiger partial charge on any atom is 0.328 e. The molecule has 0 saturated heterocycles. The molecule has 0 atom stereocenters. The molecular formula is C17H14ClN3O3. The molecule has 7 heteroatoms. The fourth-order valence-corrected chi connectivity index (χ4v) is 2.55. The van der Waals surface area contributed by atoms with Crippen LogP contribution in [0.1, 0.15) is 17.3 Å². The second kappa shape index (κ2) is 6.33. The van der Waals surface area contributed by atoms with Gasteiger partial charge in [0.15, 0.2) is 0 Å². The van der Waals surface area contributed by atoms with Gasteiger partial charge in [-0.15, -0.1) is 0 Å². The summed E-state index contributed by atoms with van der Waals surface area (Å²) in [6, 6.07) is 11.3. The number of amides is 1. The van der Waals surface area contributed by atoms with Gasteiger partial charge in [-0.2, -0.15) is 0 Å². The maximum atomic E-state index is 12.3. The third-order valence-electron chi connectivity index (χ3n) is 3.66. The highest BCUT2D eigenvalue weighted by molar-refractivity contribution is 6.30. The molecule has 2 aromatic carbocycles. The summed E-state index contributed by atoms with van der Waals surface area (Å²) in [7, 11) is 0. The average molecular weight is 344 g/mol. The van der Waals surface area contributed by atoms with Crippen LogP contribution in [0.15, 0.2) is 52.1 Å². The van der Waals surface area contributed by atoms with Crippen LogP contribution >= 0.6 is 11.6 Å². The second-order valence-electron chi connectivity index (χ2n) is 5.20. The Labute approximate surface area is 141 Å². The number of aromatic amines is 1. The van der Waals surface area contributed by atoms with Crippen LogP contribution in [0, 0.1) is 0 Å². The van der Waals surface area contributed by atoms with Crippen LogP contribution < -0.4 is 16.6 Å². The number of hydrogen-bond donors (Lipinski definition) is 2. The summed E-state index contributed by atoms with van der Waals surface area (Å²) in [5.41, 5.74) is 0.394. The minimum atomic E-state index is -0.495. The molecule has 0 saturated carbocycles. The quantitative estimate of drug-likeness (QED) is 0.766. The van der Waals surface area contributed by atoms with Gasteiger partial charge in [-0.3, -0.25) is 14.2 Å². The van der Waals surface area contributed by atoms with Gasteiger partial charge in [0.25, 0.3) is 11.5 Å². The van der Waals surface area contributed by atoms with E-state index in [-0.39, 0.29) is 18.0 Å². The molecule has 0 bridgehead atoms. The van der Waals surface area contributed by atoms with E-state index in [1.807, 2.05) is 0 Å². The molecule has 3 rings (SSSR count). The predicted molar refractivity (Wildman–Crippen MR) is 93.9 cm³/mol. The number of H-pyrrole nitrogens is 1. The van der Waals surface area contributed by atoms with Crippen molar-refractivity contribution in [3.8, 4) is 0 Å². The lowest BCUT2D eigenvalue weighted by Crippen LogP contribution is -2.34. The van der Waals surface area contributed by atoms with E-state index in [9.17, 15) is 14.4 Å². The Morgan fingerprint density at radius 1 is 1.17 bits per heavy atom. The number of hydrogen-bond acceptors (Lipinski definition) is 3. The van der Waals surface area contributed by atoms with Crippen molar-refractivity contribution in [3.05, 3.63) is 73.9 Å². The fraction of sp³-hybridized carbons (Fsp3) is 0.118. The smallest absolute Gasteiger partial charge is 0.322 e. The minimum Gasteiger partial charge on any atom is -0.322 e. The van der Waals surface area contributed by atoms with E-state index < -0.39 is 5.69 Å². The lowest BCUT2D eigenvalue weighted by atomic mass is 10.1. The van der Waals surface area contributed by atoms with Crippen LogP contribution in [0.4, 0.5) is 5.69 Å². The van der Waals surface area contributed by atoms with Gasteiger partial charge in [0.05, 0.1) is 10.9 Å². The zero-order valence-corrected chi connectivity index (χ0v) is 13.6. The molecule has 0 spiro atoms. The molecule has 0 radical (unpaired) electrons. The molecule has 3 aromatic rings. The first kappa shape index (κ1) is 16.0. The van der Waals surface area contributed by atoms with Crippen molar-refractivity contribution in [1.29, 1.82) is 0 Å². The molecule has 6 nitrogen and oxygen atoms in total. The van der Waals surface area contributed by atoms with Crippen LogP contribution in [-0.2, 0) is 6.54 Å². The van der Waals surface area contributed by atoms with E-state index in [0.29, 0.717) is 27.2 Å². The number of carbonyl (C=O) groups excluding carboxylic acids is 1. The van der Waals surface area contributed by atoms with E-state index in [2.05, 4.69) is 10.3 Å². The predicted octanol–water partition coefficient (Wildman–Crippen LogP) is 2.62. The zero-order chi connectivity index (χ0) is 17.3. The summed E-state index contributed by atoms with van der Waals surface area (Å²) in [5.74, 6) is -0.347. The van der Waals surface area contributed by atoms with Gasteiger partial charge < -0.3 is 10.3 Å². The topological polar surface area (TPSA) is 84.0 Å². The van der Waals surface area contributed by atoms with Gasteiger partial charge in [0.2, 0.25) is 0 Å². The number of nitrogens with zero attached hydrogens (tertiary/aromatic N) is 1. The SMILES string of the molecule is CCn1c(=O)[nH]c2cc(C(=O)Nc3ccc(Cl)cc3)ccc2c1=O. The fourth-order valence-electron chi connectivity index (χ4n) is 2.42. The van der Waals surface area contributed by atoms with E-state index in [4.69, 9.17) is 11.6 Å². The summed E-state index contributed by atoms with van der Waals surface area (Å²) in [6.07, 6.45) is 0. The van der Waals surface area contributed by atoms with Crippen LogP contribution in [0.25, 0.3) is 10.9 Å². The Bertz CT molecular complexity index is 1040. The Balaban J connectivity index is 1.98. The van der Waals surface area contributed by atoms with Crippen LogP contribution in [0.3, 0.4) is 0 Å². The highest BCUT2D eigenvalue weighted by atomic mass is 35.5. The molecule has 24 heavy (non-hydrogen) atoms. The molecular weight excluding hydrogens is 330 g/mol. The molecule has 1 amide bonds. The molecule has 122 valence electrons. The van der Waals surface area contributed by atoms with Crippen molar-refractivity contribution < 1.29 is 4.79 Å². The third kappa shape index (κ3) is 2.96. The van der Waals surface area contributed by atoms with Gasteiger partial charge >= 0.3 is 5.69 Å². The van der Waals surface area contributed by atoms with Gasteiger partial charge in [-0.05, 0) is 49.4 Å². The first-order chi connectivity index (χ1) is 11.5. The van der Waals surface area contributed by atoms with Crippen LogP contribution in [0.5, 0.6) is 0 Å². The number of aromatic nitrogens is 2. The van der Waals surface area contributed by atoms with Crippen molar-refractivity contribution in [2.24, 2.45) is 0 Å². The van der Waals surface area contributed by atoms with Crippen molar-refractivity contribution >= 4 is 34.1 Å². The number of anilines is 1. The number of benzene rings is 2. The number of fused-ring (bicyclic) bond motifs is 1. The monoisotopic (exact) mass is 343 g/mol. The Morgan fingerprint density at radius 3 is 2.54 bits per heavy atom. The Hall–Kier alpha value is -2.86. The summed E-state index contributed by atoms with van der Waals surface area (Å²) in [5, 5.41) is 3.66. The minimum absolute atomic E-state index is 0.281. The normalized spacial score (nSPS) is 10.8. The second-order valence-corrected chi connectivity index (χ2v) is 5.64. The summed E-state index contributed by atoms with van der Waals surface area (Å²) < 4.78 is 1.11. The van der Waals surface area contributed by atoms with Crippen molar-refractivity contribution in [1.82, 2.24) is 9.55 Å². The summed E-state index contributed by atoms with van der Waals surface area (Å²) in [4.78, 5) is 39.0. The van der Waals surface area contributed by atoms with E-state index >= 15 is 0 Å². The maximum absolute atomic E-state index is 12.3. The van der Waals surface area contributed by atoms with E-state index in [0.717, 1.165) is 4.57 Å². The van der Waals surface area contributed by atoms with Crippen molar-refractivity contribution in [2.75, 3.05) is 5.32 Å². The van der Waals surface area contributed by atoms with Crippen LogP contribution in [-0.4, -0.2) is 15.5 Å². The lowest BCUT2D eigenvalue weighted by molar-refractivity contribution is 0.102. The van der Waals surface area contributed by atoms with Crippen molar-refractivity contribution in [2.45, 2.75) is 13.5 Å². The third-order valence-corrected chi connectivity index (χ3v) is 3.91. The molecule has 0 unspecified atom stereocenters. The van der Waals surface area contributed by atoms with Crippen LogP contribution in [0.2, 0.25) is 5.02 Å². The molecule has 0 fully saturated rings. The molecule has 0 aliphatic rings. The molecule has 1 aromatic heterocycles. The van der Waals surface area contributed by atoms with Gasteiger partial charge in [-0.25, -0.2) is 4.79 Å². The number of rotatable bonds is 3. The summed E-state index contributed by atoms with van der Waals surface area (Å²) >= 11 is 5.81. The van der Waals surface area contributed by atoms with E-state index in [1.165, 1.54) is 12.1 Å².